The average molecular weight is 456 g/mol. The van der Waals surface area contributed by atoms with Crippen molar-refractivity contribution >= 4 is 46.6 Å². The number of aromatic nitrogens is 2. The van der Waals surface area contributed by atoms with Crippen molar-refractivity contribution in [1.29, 1.82) is 0 Å². The normalized spacial score (nSPS) is 10.8. The summed E-state index contributed by atoms with van der Waals surface area (Å²) in [6, 6.07) is 12.7. The van der Waals surface area contributed by atoms with Gasteiger partial charge in [0.15, 0.2) is 5.16 Å². The van der Waals surface area contributed by atoms with Crippen molar-refractivity contribution < 1.29 is 18.3 Å². The fraction of sp³-hybridized carbons (Fsp3) is 0.105. The van der Waals surface area contributed by atoms with Crippen molar-refractivity contribution in [1.82, 2.24) is 9.97 Å². The molecule has 0 saturated carbocycles. The molecule has 0 bridgehead atoms. The maximum absolute atomic E-state index is 12.2. The van der Waals surface area contributed by atoms with Crippen molar-refractivity contribution in [2.75, 3.05) is 11.1 Å². The van der Waals surface area contributed by atoms with Gasteiger partial charge in [-0.15, -0.1) is 0 Å². The maximum Gasteiger partial charge on any atom is 0.387 e. The Bertz CT molecular complexity index is 987. The molecule has 1 heterocycles. The van der Waals surface area contributed by atoms with E-state index in [9.17, 15) is 13.6 Å². The number of nitrogens with one attached hydrogen (secondary N) is 1. The van der Waals surface area contributed by atoms with E-state index in [0.717, 1.165) is 11.8 Å². The van der Waals surface area contributed by atoms with Crippen LogP contribution in [0.25, 0.3) is 11.3 Å². The Labute approximate surface area is 179 Å². The molecule has 0 aliphatic carbocycles. The van der Waals surface area contributed by atoms with Gasteiger partial charge in [-0.05, 0) is 42.5 Å². The molecule has 1 aromatic heterocycles. The summed E-state index contributed by atoms with van der Waals surface area (Å²) < 4.78 is 28.8. The number of rotatable bonds is 7. The van der Waals surface area contributed by atoms with Gasteiger partial charge in [0.2, 0.25) is 5.91 Å². The summed E-state index contributed by atoms with van der Waals surface area (Å²) in [5.41, 5.74) is 1.63. The van der Waals surface area contributed by atoms with Crippen molar-refractivity contribution in [2.45, 2.75) is 11.8 Å². The summed E-state index contributed by atoms with van der Waals surface area (Å²) in [4.78, 5) is 20.7. The highest BCUT2D eigenvalue weighted by Gasteiger charge is 2.12. The van der Waals surface area contributed by atoms with E-state index >= 15 is 0 Å². The molecule has 0 aliphatic rings. The average Bonchev–Trinajstić information content (AvgIpc) is 2.70. The Hall–Kier alpha value is -2.42. The first kappa shape index (κ1) is 21.3. The molecule has 0 radical (unpaired) electrons. The van der Waals surface area contributed by atoms with Gasteiger partial charge in [0.1, 0.15) is 5.75 Å². The standard InChI is InChI=1S/C19H13Cl2F2N3O2S/c20-13-2-1-3-14(21)17(13)26-16(27)10-29-19-24-9-8-15(25-19)11-4-6-12(7-5-11)28-18(22)23/h1-9,18H,10H2,(H,26,27). The van der Waals surface area contributed by atoms with Crippen LogP contribution in [0.4, 0.5) is 14.5 Å². The van der Waals surface area contributed by atoms with Gasteiger partial charge in [0.25, 0.3) is 0 Å². The molecule has 1 amide bonds. The number of ether oxygens (including phenoxy) is 1. The van der Waals surface area contributed by atoms with E-state index in [1.165, 1.54) is 12.1 Å². The van der Waals surface area contributed by atoms with Gasteiger partial charge in [0, 0.05) is 11.8 Å². The minimum absolute atomic E-state index is 0.0478. The van der Waals surface area contributed by atoms with E-state index in [1.54, 1.807) is 42.6 Å². The highest BCUT2D eigenvalue weighted by Crippen LogP contribution is 2.30. The number of carbonyl (C=O) groups is 1. The van der Waals surface area contributed by atoms with E-state index in [1.807, 2.05) is 0 Å². The molecule has 0 saturated heterocycles. The van der Waals surface area contributed by atoms with Gasteiger partial charge in [-0.1, -0.05) is 41.0 Å². The van der Waals surface area contributed by atoms with Gasteiger partial charge >= 0.3 is 6.61 Å². The smallest absolute Gasteiger partial charge is 0.387 e. The fourth-order valence-corrected chi connectivity index (χ4v) is 3.42. The number of nitrogens with zero attached hydrogens (tertiary/aromatic N) is 2. The van der Waals surface area contributed by atoms with Gasteiger partial charge in [0.05, 0.1) is 27.2 Å². The van der Waals surface area contributed by atoms with E-state index in [-0.39, 0.29) is 17.4 Å². The number of carbonyl (C=O) groups excluding carboxylic acids is 1. The summed E-state index contributed by atoms with van der Waals surface area (Å²) in [5, 5.41) is 3.73. The summed E-state index contributed by atoms with van der Waals surface area (Å²) >= 11 is 13.2. The lowest BCUT2D eigenvalue weighted by molar-refractivity contribution is -0.113. The van der Waals surface area contributed by atoms with Crippen LogP contribution in [-0.2, 0) is 4.79 Å². The monoisotopic (exact) mass is 455 g/mol. The Morgan fingerprint density at radius 3 is 2.45 bits per heavy atom. The predicted molar refractivity (Wildman–Crippen MR) is 110 cm³/mol. The fourth-order valence-electron chi connectivity index (χ4n) is 2.30. The van der Waals surface area contributed by atoms with Gasteiger partial charge in [-0.25, -0.2) is 9.97 Å². The first-order chi connectivity index (χ1) is 13.9. The van der Waals surface area contributed by atoms with Crippen LogP contribution >= 0.6 is 35.0 Å². The number of hydrogen-bond donors (Lipinski definition) is 1. The van der Waals surface area contributed by atoms with Crippen molar-refractivity contribution in [3.05, 3.63) is 64.8 Å². The molecular weight excluding hydrogens is 443 g/mol. The largest absolute Gasteiger partial charge is 0.435 e. The first-order valence-electron chi connectivity index (χ1n) is 8.17. The minimum atomic E-state index is -2.88. The molecule has 3 rings (SSSR count). The van der Waals surface area contributed by atoms with Gasteiger partial charge in [-0.2, -0.15) is 8.78 Å². The molecule has 0 fully saturated rings. The lowest BCUT2D eigenvalue weighted by Crippen LogP contribution is -2.15. The van der Waals surface area contributed by atoms with E-state index in [0.29, 0.717) is 32.1 Å². The summed E-state index contributed by atoms with van der Waals surface area (Å²) in [5.74, 6) is -0.207. The Morgan fingerprint density at radius 2 is 1.79 bits per heavy atom. The number of anilines is 1. The van der Waals surface area contributed by atoms with Crippen LogP contribution in [0.3, 0.4) is 0 Å². The quantitative estimate of drug-likeness (QED) is 0.361. The molecule has 0 spiro atoms. The Morgan fingerprint density at radius 1 is 1.10 bits per heavy atom. The second-order valence-corrected chi connectivity index (χ2v) is 7.32. The zero-order chi connectivity index (χ0) is 20.8. The molecule has 3 aromatic rings. The second-order valence-electron chi connectivity index (χ2n) is 5.56. The van der Waals surface area contributed by atoms with E-state index < -0.39 is 6.61 Å². The number of thioether (sulfide) groups is 1. The lowest BCUT2D eigenvalue weighted by Gasteiger charge is -2.09. The molecule has 0 aliphatic heterocycles. The van der Waals surface area contributed by atoms with Crippen molar-refractivity contribution in [2.24, 2.45) is 0 Å². The Kier molecular flexibility index (Phi) is 7.24. The molecule has 0 atom stereocenters. The topological polar surface area (TPSA) is 64.1 Å². The molecule has 2 aromatic carbocycles. The number of alkyl halides is 2. The number of benzene rings is 2. The van der Waals surface area contributed by atoms with Crippen LogP contribution in [0.1, 0.15) is 0 Å². The van der Waals surface area contributed by atoms with Crippen LogP contribution in [0, 0.1) is 0 Å². The zero-order valence-electron chi connectivity index (χ0n) is 14.6. The third-order valence-electron chi connectivity index (χ3n) is 3.57. The summed E-state index contributed by atoms with van der Waals surface area (Å²) in [7, 11) is 0. The van der Waals surface area contributed by atoms with Crippen LogP contribution in [0.2, 0.25) is 10.0 Å². The van der Waals surface area contributed by atoms with Gasteiger partial charge < -0.3 is 10.1 Å². The van der Waals surface area contributed by atoms with E-state index in [2.05, 4.69) is 20.0 Å². The molecular formula is C19H13Cl2F2N3O2S. The number of halogens is 4. The Balaban J connectivity index is 1.63. The lowest BCUT2D eigenvalue weighted by atomic mass is 10.1. The maximum atomic E-state index is 12.2. The molecule has 29 heavy (non-hydrogen) atoms. The summed E-state index contributed by atoms with van der Waals surface area (Å²) in [6.45, 7) is -2.88. The van der Waals surface area contributed by atoms with Crippen LogP contribution in [-0.4, -0.2) is 28.2 Å². The SMILES string of the molecule is O=C(CSc1nccc(-c2ccc(OC(F)F)cc2)n1)Nc1c(Cl)cccc1Cl. The molecule has 0 unspecified atom stereocenters. The van der Waals surface area contributed by atoms with Crippen LogP contribution in [0.5, 0.6) is 5.75 Å². The first-order valence-corrected chi connectivity index (χ1v) is 9.91. The van der Waals surface area contributed by atoms with Crippen molar-refractivity contribution in [3.63, 3.8) is 0 Å². The van der Waals surface area contributed by atoms with Gasteiger partial charge in [-0.3, -0.25) is 4.79 Å². The third kappa shape index (κ3) is 6.03. The highest BCUT2D eigenvalue weighted by atomic mass is 35.5. The predicted octanol–water partition coefficient (Wildman–Crippen LogP) is 5.78. The number of para-hydroxylation sites is 1. The molecule has 5 nitrogen and oxygen atoms in total. The number of amides is 1. The second kappa shape index (κ2) is 9.87. The van der Waals surface area contributed by atoms with Crippen LogP contribution < -0.4 is 10.1 Å². The number of hydrogen-bond acceptors (Lipinski definition) is 5. The van der Waals surface area contributed by atoms with Crippen molar-refractivity contribution in [3.8, 4) is 17.0 Å². The highest BCUT2D eigenvalue weighted by molar-refractivity contribution is 7.99. The minimum Gasteiger partial charge on any atom is -0.435 e. The summed E-state index contributed by atoms with van der Waals surface area (Å²) in [6.07, 6.45) is 1.55. The van der Waals surface area contributed by atoms with Crippen LogP contribution in [0.15, 0.2) is 59.9 Å². The third-order valence-corrected chi connectivity index (χ3v) is 5.06. The molecule has 150 valence electrons. The molecule has 1 N–H and O–H groups in total. The van der Waals surface area contributed by atoms with E-state index in [4.69, 9.17) is 23.2 Å². The molecule has 10 heteroatoms. The zero-order valence-corrected chi connectivity index (χ0v) is 16.9.